The molecular weight excluding hydrogens is 378 g/mol. The van der Waals surface area contributed by atoms with Crippen molar-refractivity contribution in [2.45, 2.75) is 18.2 Å². The van der Waals surface area contributed by atoms with E-state index in [1.807, 2.05) is 6.92 Å². The van der Waals surface area contributed by atoms with E-state index in [1.165, 1.54) is 0 Å². The zero-order chi connectivity index (χ0) is 14.5. The molecule has 0 heterocycles. The molecule has 116 valence electrons. The summed E-state index contributed by atoms with van der Waals surface area (Å²) in [6.07, 6.45) is 0.937. The first kappa shape index (κ1) is 19.7. The first-order chi connectivity index (χ1) is 8.88. The van der Waals surface area contributed by atoms with Crippen LogP contribution < -0.4 is 10.0 Å². The van der Waals surface area contributed by atoms with Gasteiger partial charge in [-0.15, -0.1) is 12.4 Å². The van der Waals surface area contributed by atoms with E-state index in [1.54, 1.807) is 0 Å². The molecule has 0 aliphatic carbocycles. The zero-order valence-corrected chi connectivity index (χ0v) is 14.0. The number of rotatable bonds is 7. The molecule has 0 saturated carbocycles. The Morgan fingerprint density at radius 3 is 2.40 bits per heavy atom. The summed E-state index contributed by atoms with van der Waals surface area (Å²) in [5, 5.41) is 3.00. The third-order valence-electron chi connectivity index (χ3n) is 2.28. The minimum Gasteiger partial charge on any atom is -0.315 e. The van der Waals surface area contributed by atoms with E-state index in [2.05, 4.69) is 26.0 Å². The van der Waals surface area contributed by atoms with Gasteiger partial charge in [0.05, 0.1) is 4.47 Å². The Kier molecular flexibility index (Phi) is 8.76. The van der Waals surface area contributed by atoms with Crippen molar-refractivity contribution in [2.75, 3.05) is 19.6 Å². The molecule has 20 heavy (non-hydrogen) atoms. The Morgan fingerprint density at radius 1 is 1.15 bits per heavy atom. The third-order valence-corrected chi connectivity index (χ3v) is 4.37. The van der Waals surface area contributed by atoms with Gasteiger partial charge in [-0.2, -0.15) is 0 Å². The molecule has 0 saturated heterocycles. The van der Waals surface area contributed by atoms with Gasteiger partial charge in [-0.1, -0.05) is 6.92 Å². The molecule has 0 unspecified atom stereocenters. The Labute approximate surface area is 131 Å². The number of halogens is 4. The normalized spacial score (nSPS) is 11.2. The van der Waals surface area contributed by atoms with Crippen LogP contribution in [0.15, 0.2) is 21.5 Å². The second-order valence-electron chi connectivity index (χ2n) is 3.84. The minimum absolute atomic E-state index is 0. The van der Waals surface area contributed by atoms with Crippen LogP contribution in [0.3, 0.4) is 0 Å². The lowest BCUT2D eigenvalue weighted by atomic mass is 10.3. The summed E-state index contributed by atoms with van der Waals surface area (Å²) in [5.74, 6) is -1.96. The molecule has 0 amide bonds. The molecule has 0 spiro atoms. The molecule has 0 aliphatic rings. The molecule has 0 aromatic heterocycles. The highest BCUT2D eigenvalue weighted by atomic mass is 79.9. The Morgan fingerprint density at radius 2 is 1.80 bits per heavy atom. The maximum atomic E-state index is 13.5. The van der Waals surface area contributed by atoms with Gasteiger partial charge in [0.15, 0.2) is 0 Å². The van der Waals surface area contributed by atoms with Gasteiger partial charge in [0, 0.05) is 19.2 Å². The number of benzene rings is 1. The first-order valence-corrected chi connectivity index (χ1v) is 8.01. The van der Waals surface area contributed by atoms with Gasteiger partial charge in [0.2, 0.25) is 10.0 Å². The van der Waals surface area contributed by atoms with Crippen LogP contribution in [-0.2, 0) is 10.0 Å². The average molecular weight is 394 g/mol. The Balaban J connectivity index is 0.00000361. The molecule has 0 atom stereocenters. The van der Waals surface area contributed by atoms with Gasteiger partial charge >= 0.3 is 0 Å². The highest BCUT2D eigenvalue weighted by Crippen LogP contribution is 2.23. The van der Waals surface area contributed by atoms with Crippen molar-refractivity contribution in [3.63, 3.8) is 0 Å². The van der Waals surface area contributed by atoms with Crippen molar-refractivity contribution in [1.29, 1.82) is 0 Å². The van der Waals surface area contributed by atoms with E-state index in [4.69, 9.17) is 0 Å². The largest absolute Gasteiger partial charge is 0.315 e. The molecular formula is C11H16BrClF2N2O2S. The van der Waals surface area contributed by atoms with Crippen LogP contribution in [0, 0.1) is 11.6 Å². The fraction of sp³-hybridized carbons (Fsp3) is 0.455. The van der Waals surface area contributed by atoms with Crippen LogP contribution in [0.2, 0.25) is 0 Å². The predicted molar refractivity (Wildman–Crippen MR) is 79.7 cm³/mol. The molecule has 1 rings (SSSR count). The molecule has 0 fully saturated rings. The number of hydrogen-bond acceptors (Lipinski definition) is 3. The predicted octanol–water partition coefficient (Wildman–Crippen LogP) is 2.43. The molecule has 0 bridgehead atoms. The van der Waals surface area contributed by atoms with E-state index in [9.17, 15) is 17.2 Å². The van der Waals surface area contributed by atoms with Crippen LogP contribution in [-0.4, -0.2) is 28.1 Å². The molecule has 0 radical (unpaired) electrons. The number of nitrogens with one attached hydrogen (secondary N) is 2. The highest BCUT2D eigenvalue weighted by molar-refractivity contribution is 9.10. The summed E-state index contributed by atoms with van der Waals surface area (Å²) in [7, 11) is -3.98. The van der Waals surface area contributed by atoms with Gasteiger partial charge in [-0.05, 0) is 35.0 Å². The summed E-state index contributed by atoms with van der Waals surface area (Å²) in [5.41, 5.74) is 0. The highest BCUT2D eigenvalue weighted by Gasteiger charge is 2.20. The molecule has 1 aromatic rings. The second-order valence-corrected chi connectivity index (χ2v) is 6.43. The number of hydrogen-bond donors (Lipinski definition) is 2. The van der Waals surface area contributed by atoms with Crippen LogP contribution in [0.1, 0.15) is 13.3 Å². The minimum atomic E-state index is -3.98. The van der Waals surface area contributed by atoms with Crippen LogP contribution >= 0.6 is 28.3 Å². The van der Waals surface area contributed by atoms with Crippen molar-refractivity contribution < 1.29 is 17.2 Å². The van der Waals surface area contributed by atoms with Crippen LogP contribution in [0.25, 0.3) is 0 Å². The summed E-state index contributed by atoms with van der Waals surface area (Å²) in [6, 6.07) is 1.44. The first-order valence-electron chi connectivity index (χ1n) is 5.73. The number of sulfonamides is 1. The summed E-state index contributed by atoms with van der Waals surface area (Å²) < 4.78 is 52.3. The van der Waals surface area contributed by atoms with Crippen molar-refractivity contribution in [2.24, 2.45) is 0 Å². The van der Waals surface area contributed by atoms with E-state index in [-0.39, 0.29) is 23.4 Å². The fourth-order valence-electron chi connectivity index (χ4n) is 1.36. The van der Waals surface area contributed by atoms with Gasteiger partial charge in [-0.3, -0.25) is 0 Å². The molecule has 4 nitrogen and oxygen atoms in total. The maximum absolute atomic E-state index is 13.5. The van der Waals surface area contributed by atoms with Crippen molar-refractivity contribution in [3.05, 3.63) is 28.2 Å². The SMILES string of the molecule is CCCNCCNS(=O)(=O)c1cc(Br)c(F)cc1F.Cl. The lowest BCUT2D eigenvalue weighted by Crippen LogP contribution is -2.32. The van der Waals surface area contributed by atoms with Gasteiger partial charge < -0.3 is 5.32 Å². The summed E-state index contributed by atoms with van der Waals surface area (Å²) >= 11 is 2.83. The van der Waals surface area contributed by atoms with E-state index in [0.717, 1.165) is 19.0 Å². The van der Waals surface area contributed by atoms with Crippen molar-refractivity contribution >= 4 is 38.4 Å². The van der Waals surface area contributed by atoms with Crippen LogP contribution in [0.5, 0.6) is 0 Å². The monoisotopic (exact) mass is 392 g/mol. The topological polar surface area (TPSA) is 58.2 Å². The maximum Gasteiger partial charge on any atom is 0.243 e. The molecule has 0 aliphatic heterocycles. The second kappa shape index (κ2) is 8.89. The molecule has 9 heteroatoms. The Hall–Kier alpha value is -0.280. The quantitative estimate of drug-likeness (QED) is 0.552. The van der Waals surface area contributed by atoms with E-state index in [0.29, 0.717) is 12.6 Å². The lowest BCUT2D eigenvalue weighted by molar-refractivity contribution is 0.539. The summed E-state index contributed by atoms with van der Waals surface area (Å²) in [4.78, 5) is -0.573. The zero-order valence-electron chi connectivity index (χ0n) is 10.8. The molecule has 1 aromatic carbocycles. The lowest BCUT2D eigenvalue weighted by Gasteiger charge is -2.09. The van der Waals surface area contributed by atoms with Crippen molar-refractivity contribution in [3.8, 4) is 0 Å². The summed E-state index contributed by atoms with van der Waals surface area (Å²) in [6.45, 7) is 3.34. The fourth-order valence-corrected chi connectivity index (χ4v) is 2.97. The molecule has 2 N–H and O–H groups in total. The van der Waals surface area contributed by atoms with E-state index < -0.39 is 26.6 Å². The average Bonchev–Trinajstić information content (AvgIpc) is 2.33. The van der Waals surface area contributed by atoms with Gasteiger partial charge in [0.1, 0.15) is 16.5 Å². The Bertz CT molecular complexity index is 543. The smallest absolute Gasteiger partial charge is 0.243 e. The van der Waals surface area contributed by atoms with Gasteiger partial charge in [-0.25, -0.2) is 21.9 Å². The van der Waals surface area contributed by atoms with Gasteiger partial charge in [0.25, 0.3) is 0 Å². The standard InChI is InChI=1S/C11H15BrF2N2O2S.ClH/c1-2-3-15-4-5-16-19(17,18)11-6-8(12)9(13)7-10(11)14;/h6-7,15-16H,2-5H2,1H3;1H. The van der Waals surface area contributed by atoms with Crippen molar-refractivity contribution in [1.82, 2.24) is 10.0 Å². The third kappa shape index (κ3) is 5.61. The van der Waals surface area contributed by atoms with Crippen LogP contribution in [0.4, 0.5) is 8.78 Å². The van der Waals surface area contributed by atoms with E-state index >= 15 is 0 Å².